The van der Waals surface area contributed by atoms with E-state index >= 15 is 0 Å². The Morgan fingerprint density at radius 2 is 1.78 bits per heavy atom. The van der Waals surface area contributed by atoms with Crippen molar-refractivity contribution in [2.45, 2.75) is 20.8 Å². The van der Waals surface area contributed by atoms with Gasteiger partial charge in [0.1, 0.15) is 0 Å². The molecular weight excluding hydrogens is 123 g/mol. The molecule has 0 aliphatic rings. The molecule has 47 valence electrons. The number of allylic oxidation sites excluding steroid dienone is 1. The molecule has 0 aromatic heterocycles. The zero-order valence-corrected chi connectivity index (χ0v) is 8.69. The SMILES string of the molecule is C=CC(=O)C(C)(C)C.[Na]. The summed E-state index contributed by atoms with van der Waals surface area (Å²) in [6.45, 7) is 8.99. The van der Waals surface area contributed by atoms with E-state index in [0.717, 1.165) is 0 Å². The summed E-state index contributed by atoms with van der Waals surface area (Å²) in [4.78, 5) is 10.7. The van der Waals surface area contributed by atoms with E-state index in [0.29, 0.717) is 0 Å². The number of hydrogen-bond donors (Lipinski definition) is 0. The van der Waals surface area contributed by atoms with Crippen molar-refractivity contribution in [3.63, 3.8) is 0 Å². The van der Waals surface area contributed by atoms with Crippen LogP contribution in [0.2, 0.25) is 0 Å². The minimum atomic E-state index is -0.248. The Labute approximate surface area is 78.8 Å². The maximum Gasteiger partial charge on any atom is 0.160 e. The van der Waals surface area contributed by atoms with Crippen LogP contribution in [-0.2, 0) is 4.79 Å². The average Bonchev–Trinajstić information content (AvgIpc) is 1.62. The molecule has 0 fully saturated rings. The van der Waals surface area contributed by atoms with Crippen LogP contribution in [0.15, 0.2) is 12.7 Å². The number of rotatable bonds is 1. The summed E-state index contributed by atoms with van der Waals surface area (Å²) in [5, 5.41) is 0. The van der Waals surface area contributed by atoms with Crippen LogP contribution in [0, 0.1) is 5.41 Å². The van der Waals surface area contributed by atoms with Gasteiger partial charge in [-0.2, -0.15) is 0 Å². The van der Waals surface area contributed by atoms with Gasteiger partial charge < -0.3 is 0 Å². The smallest absolute Gasteiger partial charge is 0.160 e. The summed E-state index contributed by atoms with van der Waals surface area (Å²) in [6, 6.07) is 0. The van der Waals surface area contributed by atoms with Crippen molar-refractivity contribution in [3.05, 3.63) is 12.7 Å². The molecular formula is C7H12NaO. The first kappa shape index (κ1) is 12.1. The molecule has 0 saturated carbocycles. The normalized spacial score (nSPS) is 9.67. The Kier molecular flexibility index (Phi) is 5.74. The van der Waals surface area contributed by atoms with Gasteiger partial charge in [-0.25, -0.2) is 0 Å². The zero-order chi connectivity index (χ0) is 6.78. The summed E-state index contributed by atoms with van der Waals surface area (Å²) < 4.78 is 0. The first-order valence-corrected chi connectivity index (χ1v) is 2.65. The molecule has 2 heteroatoms. The Morgan fingerprint density at radius 1 is 1.44 bits per heavy atom. The van der Waals surface area contributed by atoms with Crippen LogP contribution in [0.1, 0.15) is 20.8 Å². The third-order valence-corrected chi connectivity index (χ3v) is 0.925. The van der Waals surface area contributed by atoms with E-state index in [2.05, 4.69) is 6.58 Å². The maximum absolute atomic E-state index is 10.7. The largest absolute Gasteiger partial charge is 0.294 e. The van der Waals surface area contributed by atoms with Gasteiger partial charge in [-0.05, 0) is 6.08 Å². The Bertz CT molecular complexity index is 111. The number of carbonyl (C=O) groups is 1. The number of ketones is 1. The van der Waals surface area contributed by atoms with Gasteiger partial charge in [-0.3, -0.25) is 4.79 Å². The molecule has 0 aromatic carbocycles. The van der Waals surface area contributed by atoms with Gasteiger partial charge in [0.05, 0.1) is 0 Å². The predicted octanol–water partition coefficient (Wildman–Crippen LogP) is 1.41. The second-order valence-electron chi connectivity index (χ2n) is 2.82. The second kappa shape index (κ2) is 4.26. The monoisotopic (exact) mass is 135 g/mol. The molecule has 0 atom stereocenters. The van der Waals surface area contributed by atoms with Crippen LogP contribution in [0.25, 0.3) is 0 Å². The van der Waals surface area contributed by atoms with Gasteiger partial charge in [0.25, 0.3) is 0 Å². The van der Waals surface area contributed by atoms with Crippen molar-refractivity contribution in [2.24, 2.45) is 5.41 Å². The molecule has 0 aliphatic carbocycles. The standard InChI is InChI=1S/C7H12O.Na/c1-5-6(8)7(2,3)4;/h5H,1H2,2-4H3;. The van der Waals surface area contributed by atoms with E-state index in [1.165, 1.54) is 6.08 Å². The molecule has 0 N–H and O–H groups in total. The van der Waals surface area contributed by atoms with Crippen LogP contribution in [0.4, 0.5) is 0 Å². The molecule has 0 aromatic rings. The molecule has 0 rings (SSSR count). The van der Waals surface area contributed by atoms with E-state index in [9.17, 15) is 4.79 Å². The zero-order valence-electron chi connectivity index (χ0n) is 6.69. The molecule has 0 heterocycles. The number of carbonyl (C=O) groups excluding carboxylic acids is 1. The van der Waals surface area contributed by atoms with E-state index < -0.39 is 0 Å². The van der Waals surface area contributed by atoms with Gasteiger partial charge in [0.15, 0.2) is 5.78 Å². The molecule has 0 unspecified atom stereocenters. The molecule has 9 heavy (non-hydrogen) atoms. The van der Waals surface area contributed by atoms with Crippen LogP contribution in [0.3, 0.4) is 0 Å². The van der Waals surface area contributed by atoms with Crippen LogP contribution >= 0.6 is 0 Å². The van der Waals surface area contributed by atoms with Crippen molar-refractivity contribution < 1.29 is 4.79 Å². The summed E-state index contributed by atoms with van der Waals surface area (Å²) >= 11 is 0. The van der Waals surface area contributed by atoms with Crippen molar-refractivity contribution >= 4 is 35.3 Å². The Hall–Kier alpha value is 0.410. The summed E-state index contributed by atoms with van der Waals surface area (Å²) in [5.41, 5.74) is -0.248. The van der Waals surface area contributed by atoms with Crippen LogP contribution in [-0.4, -0.2) is 35.3 Å². The number of hydrogen-bond acceptors (Lipinski definition) is 1. The molecule has 0 saturated heterocycles. The fraction of sp³-hybridized carbons (Fsp3) is 0.571. The molecule has 0 aliphatic heterocycles. The van der Waals surface area contributed by atoms with Crippen molar-refractivity contribution in [3.8, 4) is 0 Å². The van der Waals surface area contributed by atoms with Gasteiger partial charge in [0, 0.05) is 35.0 Å². The molecule has 0 bridgehead atoms. The van der Waals surface area contributed by atoms with E-state index in [-0.39, 0.29) is 40.8 Å². The first-order valence-electron chi connectivity index (χ1n) is 2.65. The fourth-order valence-corrected chi connectivity index (χ4v) is 0.306. The molecule has 1 nitrogen and oxygen atoms in total. The van der Waals surface area contributed by atoms with E-state index in [1.54, 1.807) is 0 Å². The predicted molar refractivity (Wildman–Crippen MR) is 40.4 cm³/mol. The van der Waals surface area contributed by atoms with Gasteiger partial charge in [0.2, 0.25) is 0 Å². The molecule has 0 amide bonds. The topological polar surface area (TPSA) is 17.1 Å². The molecule has 1 radical (unpaired) electrons. The van der Waals surface area contributed by atoms with Crippen molar-refractivity contribution in [1.82, 2.24) is 0 Å². The van der Waals surface area contributed by atoms with Gasteiger partial charge in [-0.15, -0.1) is 0 Å². The minimum Gasteiger partial charge on any atom is -0.294 e. The van der Waals surface area contributed by atoms with E-state index in [4.69, 9.17) is 0 Å². The molecule has 0 spiro atoms. The Morgan fingerprint density at radius 3 is 1.78 bits per heavy atom. The van der Waals surface area contributed by atoms with Gasteiger partial charge >= 0.3 is 0 Å². The van der Waals surface area contributed by atoms with Crippen molar-refractivity contribution in [2.75, 3.05) is 0 Å². The second-order valence-corrected chi connectivity index (χ2v) is 2.82. The quantitative estimate of drug-likeness (QED) is 0.392. The third kappa shape index (κ3) is 4.89. The fourth-order valence-electron chi connectivity index (χ4n) is 0.306. The van der Waals surface area contributed by atoms with Gasteiger partial charge in [-0.1, -0.05) is 27.4 Å². The van der Waals surface area contributed by atoms with Crippen LogP contribution < -0.4 is 0 Å². The Balaban J connectivity index is 0. The first-order chi connectivity index (χ1) is 3.48. The summed E-state index contributed by atoms with van der Waals surface area (Å²) in [7, 11) is 0. The van der Waals surface area contributed by atoms with Crippen molar-refractivity contribution in [1.29, 1.82) is 0 Å². The third-order valence-electron chi connectivity index (χ3n) is 0.925. The van der Waals surface area contributed by atoms with E-state index in [1.807, 2.05) is 20.8 Å². The minimum absolute atomic E-state index is 0. The van der Waals surface area contributed by atoms with Crippen LogP contribution in [0.5, 0.6) is 0 Å². The summed E-state index contributed by atoms with van der Waals surface area (Å²) in [5.74, 6) is 0.0949. The average molecular weight is 135 g/mol. The maximum atomic E-state index is 10.7. The summed E-state index contributed by atoms with van der Waals surface area (Å²) in [6.07, 6.45) is 1.36.